The molecule has 1 rings (SSSR count). The molecule has 22 heavy (non-hydrogen) atoms. The van der Waals surface area contributed by atoms with Crippen molar-refractivity contribution in [3.63, 3.8) is 0 Å². The predicted molar refractivity (Wildman–Crippen MR) is 78.7 cm³/mol. The number of rotatable bonds is 6. The smallest absolute Gasteiger partial charge is 0.336 e. The molecule has 1 aromatic carbocycles. The van der Waals surface area contributed by atoms with Gasteiger partial charge in [0.1, 0.15) is 0 Å². The molecule has 0 saturated carbocycles. The van der Waals surface area contributed by atoms with Crippen molar-refractivity contribution in [2.24, 2.45) is 11.8 Å². The van der Waals surface area contributed by atoms with E-state index in [0.29, 0.717) is 0 Å². The molecule has 0 amide bonds. The van der Waals surface area contributed by atoms with Crippen molar-refractivity contribution in [2.75, 3.05) is 0 Å². The highest BCUT2D eigenvalue weighted by Gasteiger charge is 2.27. The minimum absolute atomic E-state index is 0.194. The van der Waals surface area contributed by atoms with Gasteiger partial charge >= 0.3 is 11.9 Å². The van der Waals surface area contributed by atoms with Crippen molar-refractivity contribution < 1.29 is 29.4 Å². The average Bonchev–Trinajstić information content (AvgIpc) is 2.43. The Morgan fingerprint density at radius 2 is 0.955 bits per heavy atom. The number of hydrogen-bond acceptors (Lipinski definition) is 4. The molecule has 118 valence electrons. The van der Waals surface area contributed by atoms with Crippen molar-refractivity contribution in [1.82, 2.24) is 0 Å². The first kappa shape index (κ1) is 17.6. The van der Waals surface area contributed by atoms with Crippen molar-refractivity contribution >= 4 is 23.5 Å². The Morgan fingerprint density at radius 1 is 0.682 bits per heavy atom. The average molecular weight is 306 g/mol. The van der Waals surface area contributed by atoms with Crippen LogP contribution in [0, 0.1) is 11.8 Å². The molecular formula is C16H18O6. The second-order valence-corrected chi connectivity index (χ2v) is 5.59. The summed E-state index contributed by atoms with van der Waals surface area (Å²) < 4.78 is 0. The van der Waals surface area contributed by atoms with Gasteiger partial charge < -0.3 is 10.2 Å². The highest BCUT2D eigenvalue weighted by molar-refractivity contribution is 6.13. The van der Waals surface area contributed by atoms with E-state index >= 15 is 0 Å². The van der Waals surface area contributed by atoms with Crippen molar-refractivity contribution in [3.8, 4) is 0 Å². The van der Waals surface area contributed by atoms with Gasteiger partial charge in [-0.15, -0.1) is 0 Å². The molecule has 0 aliphatic rings. The summed E-state index contributed by atoms with van der Waals surface area (Å²) in [5.74, 6) is -4.71. The Bertz CT molecular complexity index is 597. The van der Waals surface area contributed by atoms with Crippen molar-refractivity contribution in [1.29, 1.82) is 0 Å². The summed E-state index contributed by atoms with van der Waals surface area (Å²) in [6.45, 7) is 6.34. The van der Waals surface area contributed by atoms with Crippen LogP contribution in [-0.4, -0.2) is 33.7 Å². The third kappa shape index (κ3) is 3.39. The van der Waals surface area contributed by atoms with E-state index in [2.05, 4.69) is 0 Å². The van der Waals surface area contributed by atoms with Gasteiger partial charge in [-0.2, -0.15) is 0 Å². The molecule has 0 aliphatic carbocycles. The molecular weight excluding hydrogens is 288 g/mol. The molecule has 0 aliphatic heterocycles. The lowest BCUT2D eigenvalue weighted by Gasteiger charge is -2.14. The van der Waals surface area contributed by atoms with Crippen LogP contribution >= 0.6 is 0 Å². The number of Topliss-reactive ketones (excluding diaryl/α,β-unsaturated/α-hetero) is 2. The highest BCUT2D eigenvalue weighted by Crippen LogP contribution is 2.23. The van der Waals surface area contributed by atoms with Crippen molar-refractivity contribution in [2.45, 2.75) is 27.7 Å². The van der Waals surface area contributed by atoms with Gasteiger partial charge in [-0.1, -0.05) is 27.7 Å². The molecule has 0 bridgehead atoms. The second kappa shape index (κ2) is 6.51. The van der Waals surface area contributed by atoms with Gasteiger partial charge in [0, 0.05) is 23.0 Å². The lowest BCUT2D eigenvalue weighted by atomic mass is 9.88. The van der Waals surface area contributed by atoms with E-state index in [9.17, 15) is 29.4 Å². The van der Waals surface area contributed by atoms with Crippen LogP contribution in [0.4, 0.5) is 0 Å². The zero-order valence-electron chi connectivity index (χ0n) is 12.8. The first-order chi connectivity index (χ1) is 10.1. The maximum Gasteiger partial charge on any atom is 0.336 e. The first-order valence-corrected chi connectivity index (χ1v) is 6.81. The third-order valence-electron chi connectivity index (χ3n) is 3.20. The van der Waals surface area contributed by atoms with Crippen molar-refractivity contribution in [3.05, 3.63) is 34.4 Å². The van der Waals surface area contributed by atoms with E-state index in [1.807, 2.05) is 0 Å². The summed E-state index contributed by atoms with van der Waals surface area (Å²) in [4.78, 5) is 47.0. The van der Waals surface area contributed by atoms with Gasteiger partial charge in [0.15, 0.2) is 11.6 Å². The fourth-order valence-corrected chi connectivity index (χ4v) is 1.98. The summed E-state index contributed by atoms with van der Waals surface area (Å²) in [6.07, 6.45) is 0. The number of carbonyl (C=O) groups is 4. The molecule has 1 aromatic rings. The predicted octanol–water partition coefficient (Wildman–Crippen LogP) is 2.76. The van der Waals surface area contributed by atoms with Crippen LogP contribution in [0.1, 0.15) is 69.1 Å². The SMILES string of the molecule is CC(C)C(=O)c1cc(C(=O)O)c(C(=O)C(C)C)cc1C(=O)O. The topological polar surface area (TPSA) is 109 Å². The molecule has 0 spiro atoms. The molecule has 0 radical (unpaired) electrons. The molecule has 6 heteroatoms. The lowest BCUT2D eigenvalue weighted by Crippen LogP contribution is -2.20. The molecule has 0 unspecified atom stereocenters. The molecule has 0 fully saturated rings. The van der Waals surface area contributed by atoms with Crippen LogP contribution in [0.3, 0.4) is 0 Å². The standard InChI is InChI=1S/C16H18O6/c1-7(2)13(17)9-5-12(16(21)22)10(14(18)8(3)4)6-11(9)15(19)20/h5-8H,1-4H3,(H,19,20)(H,21,22). The molecule has 0 heterocycles. The summed E-state index contributed by atoms with van der Waals surface area (Å²) in [5, 5.41) is 18.5. The van der Waals surface area contributed by atoms with Crippen LogP contribution in [0.2, 0.25) is 0 Å². The maximum absolute atomic E-state index is 12.1. The first-order valence-electron chi connectivity index (χ1n) is 6.81. The highest BCUT2D eigenvalue weighted by atomic mass is 16.4. The zero-order chi connectivity index (χ0) is 17.2. The molecule has 0 aromatic heterocycles. The zero-order valence-corrected chi connectivity index (χ0v) is 12.8. The summed E-state index contributed by atoms with van der Waals surface area (Å²) in [6, 6.07) is 1.98. The number of benzene rings is 1. The fraction of sp³-hybridized carbons (Fsp3) is 0.375. The summed E-state index contributed by atoms with van der Waals surface area (Å²) >= 11 is 0. The van der Waals surface area contributed by atoms with E-state index in [1.165, 1.54) is 0 Å². The summed E-state index contributed by atoms with van der Waals surface area (Å²) in [5.41, 5.74) is -1.10. The molecule has 0 atom stereocenters. The maximum atomic E-state index is 12.1. The van der Waals surface area contributed by atoms with E-state index < -0.39 is 35.3 Å². The monoisotopic (exact) mass is 306 g/mol. The van der Waals surface area contributed by atoms with Crippen LogP contribution < -0.4 is 0 Å². The van der Waals surface area contributed by atoms with Gasteiger partial charge in [0.05, 0.1) is 11.1 Å². The van der Waals surface area contributed by atoms with Crippen LogP contribution in [0.15, 0.2) is 12.1 Å². The fourth-order valence-electron chi connectivity index (χ4n) is 1.98. The molecule has 2 N–H and O–H groups in total. The van der Waals surface area contributed by atoms with Gasteiger partial charge in [-0.25, -0.2) is 9.59 Å². The Kier molecular flexibility index (Phi) is 5.19. The Hall–Kier alpha value is -2.50. The Balaban J connectivity index is 3.73. The Labute approximate surface area is 127 Å². The number of carboxylic acid groups (broad SMARTS) is 2. The largest absolute Gasteiger partial charge is 0.478 e. The quantitative estimate of drug-likeness (QED) is 0.782. The lowest BCUT2D eigenvalue weighted by molar-refractivity contribution is 0.0675. The Morgan fingerprint density at radius 3 is 1.14 bits per heavy atom. The van der Waals surface area contributed by atoms with Gasteiger partial charge in [-0.3, -0.25) is 9.59 Å². The second-order valence-electron chi connectivity index (χ2n) is 5.59. The number of carboxylic acids is 2. The van der Waals surface area contributed by atoms with E-state index in [4.69, 9.17) is 0 Å². The van der Waals surface area contributed by atoms with E-state index in [-0.39, 0.29) is 22.3 Å². The van der Waals surface area contributed by atoms with E-state index in [0.717, 1.165) is 12.1 Å². The van der Waals surface area contributed by atoms with E-state index in [1.54, 1.807) is 27.7 Å². The number of carbonyl (C=O) groups excluding carboxylic acids is 2. The third-order valence-corrected chi connectivity index (χ3v) is 3.20. The molecule has 6 nitrogen and oxygen atoms in total. The van der Waals surface area contributed by atoms with Crippen LogP contribution in [0.5, 0.6) is 0 Å². The molecule has 0 saturated heterocycles. The van der Waals surface area contributed by atoms with Gasteiger partial charge in [-0.05, 0) is 12.1 Å². The minimum atomic E-state index is -1.38. The minimum Gasteiger partial charge on any atom is -0.478 e. The van der Waals surface area contributed by atoms with Gasteiger partial charge in [0.2, 0.25) is 0 Å². The van der Waals surface area contributed by atoms with Crippen LogP contribution in [0.25, 0.3) is 0 Å². The summed E-state index contributed by atoms with van der Waals surface area (Å²) in [7, 11) is 0. The number of hydrogen-bond donors (Lipinski definition) is 2. The number of aromatic carboxylic acids is 2. The van der Waals surface area contributed by atoms with Crippen LogP contribution in [-0.2, 0) is 0 Å². The normalized spacial score (nSPS) is 10.8. The number of ketones is 2. The van der Waals surface area contributed by atoms with Gasteiger partial charge in [0.25, 0.3) is 0 Å².